The molecule has 0 saturated carbocycles. The van der Waals surface area contributed by atoms with Crippen LogP contribution in [0.5, 0.6) is 5.75 Å². The van der Waals surface area contributed by atoms with E-state index in [0.717, 1.165) is 29.7 Å². The van der Waals surface area contributed by atoms with Gasteiger partial charge in [-0.1, -0.05) is 12.1 Å². The number of piperidine rings is 1. The lowest BCUT2D eigenvalue weighted by Gasteiger charge is -2.32. The van der Waals surface area contributed by atoms with Gasteiger partial charge in [0.15, 0.2) is 0 Å². The summed E-state index contributed by atoms with van der Waals surface area (Å²) in [4.78, 5) is 25.1. The van der Waals surface area contributed by atoms with Crippen LogP contribution in [0, 0.1) is 37.8 Å². The summed E-state index contributed by atoms with van der Waals surface area (Å²) in [6.45, 7) is 8.50. The number of hydrogen-bond donors (Lipinski definition) is 0. The SMILES string of the molecule is Cc1ccc(C)c(OC2CCN(C(=O)Cn3nc(C)c([N+](=O)[O-])c3C)CC2)c1. The zero-order valence-electron chi connectivity index (χ0n) is 16.8. The summed E-state index contributed by atoms with van der Waals surface area (Å²) < 4.78 is 7.57. The molecule has 28 heavy (non-hydrogen) atoms. The third kappa shape index (κ3) is 4.16. The maximum absolute atomic E-state index is 12.6. The molecule has 0 bridgehead atoms. The number of benzene rings is 1. The topological polar surface area (TPSA) is 90.5 Å². The van der Waals surface area contributed by atoms with Gasteiger partial charge < -0.3 is 9.64 Å². The van der Waals surface area contributed by atoms with Gasteiger partial charge in [-0.3, -0.25) is 19.6 Å². The van der Waals surface area contributed by atoms with Crippen molar-refractivity contribution in [2.24, 2.45) is 0 Å². The van der Waals surface area contributed by atoms with Gasteiger partial charge in [0, 0.05) is 25.9 Å². The number of nitrogens with zero attached hydrogens (tertiary/aromatic N) is 4. The van der Waals surface area contributed by atoms with E-state index in [9.17, 15) is 14.9 Å². The molecule has 0 spiro atoms. The highest BCUT2D eigenvalue weighted by molar-refractivity contribution is 5.76. The molecule has 1 aliphatic rings. The highest BCUT2D eigenvalue weighted by Crippen LogP contribution is 2.25. The maximum atomic E-state index is 12.6. The maximum Gasteiger partial charge on any atom is 0.312 e. The molecule has 0 aliphatic carbocycles. The highest BCUT2D eigenvalue weighted by Gasteiger charge is 2.27. The lowest BCUT2D eigenvalue weighted by atomic mass is 10.1. The monoisotopic (exact) mass is 386 g/mol. The second-order valence-corrected chi connectivity index (χ2v) is 7.40. The van der Waals surface area contributed by atoms with Gasteiger partial charge in [0.1, 0.15) is 29.8 Å². The molecule has 8 nitrogen and oxygen atoms in total. The molecule has 0 radical (unpaired) electrons. The average Bonchev–Trinajstić information content (AvgIpc) is 2.92. The first kappa shape index (κ1) is 19.9. The summed E-state index contributed by atoms with van der Waals surface area (Å²) >= 11 is 0. The molecule has 2 heterocycles. The summed E-state index contributed by atoms with van der Waals surface area (Å²) in [5.74, 6) is 0.824. The van der Waals surface area contributed by atoms with Crippen molar-refractivity contribution < 1.29 is 14.5 Å². The molecule has 150 valence electrons. The van der Waals surface area contributed by atoms with E-state index >= 15 is 0 Å². The van der Waals surface area contributed by atoms with Crippen LogP contribution in [0.25, 0.3) is 0 Å². The number of ether oxygens (including phenoxy) is 1. The van der Waals surface area contributed by atoms with Crippen molar-refractivity contribution in [2.45, 2.75) is 53.2 Å². The number of carbonyl (C=O) groups is 1. The summed E-state index contributed by atoms with van der Waals surface area (Å²) in [7, 11) is 0. The first-order chi connectivity index (χ1) is 13.3. The van der Waals surface area contributed by atoms with Crippen molar-refractivity contribution in [1.82, 2.24) is 14.7 Å². The number of amides is 1. The van der Waals surface area contributed by atoms with Crippen LogP contribution in [0.4, 0.5) is 5.69 Å². The van der Waals surface area contributed by atoms with E-state index in [4.69, 9.17) is 4.74 Å². The standard InChI is InChI=1S/C20H26N4O4/c1-13-5-6-14(2)18(11-13)28-17-7-9-22(10-8-17)19(25)12-23-16(4)20(24(26)27)15(3)21-23/h5-6,11,17H,7-10,12H2,1-4H3. The van der Waals surface area contributed by atoms with Crippen molar-refractivity contribution in [2.75, 3.05) is 13.1 Å². The lowest BCUT2D eigenvalue weighted by molar-refractivity contribution is -0.386. The Bertz CT molecular complexity index is 898. The smallest absolute Gasteiger partial charge is 0.312 e. The largest absolute Gasteiger partial charge is 0.490 e. The van der Waals surface area contributed by atoms with E-state index in [0.29, 0.717) is 24.5 Å². The Balaban J connectivity index is 1.58. The van der Waals surface area contributed by atoms with Crippen molar-refractivity contribution in [3.05, 3.63) is 50.8 Å². The molecule has 1 aliphatic heterocycles. The van der Waals surface area contributed by atoms with Gasteiger partial charge >= 0.3 is 5.69 Å². The predicted octanol–water partition coefficient (Wildman–Crippen LogP) is 3.09. The number of rotatable bonds is 5. The third-order valence-corrected chi connectivity index (χ3v) is 5.24. The van der Waals surface area contributed by atoms with Crippen LogP contribution in [-0.2, 0) is 11.3 Å². The number of hydrogen-bond acceptors (Lipinski definition) is 5. The van der Waals surface area contributed by atoms with Crippen LogP contribution in [-0.4, -0.2) is 44.7 Å². The quantitative estimate of drug-likeness (QED) is 0.582. The van der Waals surface area contributed by atoms with Gasteiger partial charge in [0.05, 0.1) is 4.92 Å². The summed E-state index contributed by atoms with van der Waals surface area (Å²) in [6, 6.07) is 6.16. The van der Waals surface area contributed by atoms with Crippen molar-refractivity contribution >= 4 is 11.6 Å². The first-order valence-electron chi connectivity index (χ1n) is 9.46. The van der Waals surface area contributed by atoms with Crippen LogP contribution in [0.15, 0.2) is 18.2 Å². The number of aromatic nitrogens is 2. The molecule has 0 N–H and O–H groups in total. The Kier molecular flexibility index (Phi) is 5.67. The Morgan fingerprint density at radius 2 is 1.93 bits per heavy atom. The van der Waals surface area contributed by atoms with Gasteiger partial charge in [-0.2, -0.15) is 5.10 Å². The van der Waals surface area contributed by atoms with Crippen molar-refractivity contribution in [3.63, 3.8) is 0 Å². The molecule has 1 aromatic heterocycles. The molecule has 2 aromatic rings. The van der Waals surface area contributed by atoms with E-state index in [1.54, 1.807) is 18.7 Å². The second-order valence-electron chi connectivity index (χ2n) is 7.40. The minimum absolute atomic E-state index is 0.0169. The van der Waals surface area contributed by atoms with E-state index in [1.165, 1.54) is 4.68 Å². The predicted molar refractivity (Wildman–Crippen MR) is 105 cm³/mol. The molecular weight excluding hydrogens is 360 g/mol. The second kappa shape index (κ2) is 8.00. The van der Waals surface area contributed by atoms with E-state index in [1.807, 2.05) is 19.9 Å². The Labute approximate surface area is 164 Å². The normalized spacial score (nSPS) is 14.9. The molecule has 1 saturated heterocycles. The fourth-order valence-corrected chi connectivity index (χ4v) is 3.57. The highest BCUT2D eigenvalue weighted by atomic mass is 16.6. The average molecular weight is 386 g/mol. The summed E-state index contributed by atoms with van der Waals surface area (Å²) in [5, 5.41) is 15.3. The molecule has 3 rings (SSSR count). The van der Waals surface area contributed by atoms with E-state index in [-0.39, 0.29) is 24.2 Å². The Morgan fingerprint density at radius 3 is 2.54 bits per heavy atom. The van der Waals surface area contributed by atoms with Crippen LogP contribution < -0.4 is 4.74 Å². The number of carbonyl (C=O) groups excluding carboxylic acids is 1. The molecule has 0 atom stereocenters. The minimum atomic E-state index is -0.450. The van der Waals surface area contributed by atoms with Gasteiger partial charge in [-0.15, -0.1) is 0 Å². The molecule has 1 aromatic carbocycles. The van der Waals surface area contributed by atoms with Gasteiger partial charge in [-0.25, -0.2) is 0 Å². The van der Waals surface area contributed by atoms with Crippen LogP contribution in [0.2, 0.25) is 0 Å². The molecule has 1 amide bonds. The molecule has 1 fully saturated rings. The third-order valence-electron chi connectivity index (χ3n) is 5.24. The van der Waals surface area contributed by atoms with E-state index in [2.05, 4.69) is 17.2 Å². The number of nitro groups is 1. The van der Waals surface area contributed by atoms with Gasteiger partial charge in [0.2, 0.25) is 5.91 Å². The zero-order chi connectivity index (χ0) is 20.4. The zero-order valence-corrected chi connectivity index (χ0v) is 16.8. The molecular formula is C20H26N4O4. The number of likely N-dealkylation sites (tertiary alicyclic amines) is 1. The minimum Gasteiger partial charge on any atom is -0.490 e. The first-order valence-corrected chi connectivity index (χ1v) is 9.46. The molecule has 0 unspecified atom stereocenters. The van der Waals surface area contributed by atoms with Crippen LogP contribution in [0.1, 0.15) is 35.4 Å². The molecule has 8 heteroatoms. The fraction of sp³-hybridized carbons (Fsp3) is 0.500. The Hall–Kier alpha value is -2.90. The van der Waals surface area contributed by atoms with Crippen molar-refractivity contribution in [3.8, 4) is 5.75 Å². The number of aryl methyl sites for hydroxylation is 3. The van der Waals surface area contributed by atoms with Crippen molar-refractivity contribution in [1.29, 1.82) is 0 Å². The van der Waals surface area contributed by atoms with Crippen LogP contribution >= 0.6 is 0 Å². The summed E-state index contributed by atoms with van der Waals surface area (Å²) in [5.41, 5.74) is 2.98. The van der Waals surface area contributed by atoms with Gasteiger partial charge in [0.25, 0.3) is 0 Å². The van der Waals surface area contributed by atoms with E-state index < -0.39 is 4.92 Å². The van der Waals surface area contributed by atoms with Gasteiger partial charge in [-0.05, 0) is 44.9 Å². The fourth-order valence-electron chi connectivity index (χ4n) is 3.57. The van der Waals surface area contributed by atoms with Crippen LogP contribution in [0.3, 0.4) is 0 Å². The lowest BCUT2D eigenvalue weighted by Crippen LogP contribution is -2.43. The summed E-state index contributed by atoms with van der Waals surface area (Å²) in [6.07, 6.45) is 1.60. The Morgan fingerprint density at radius 1 is 1.25 bits per heavy atom.